The fourth-order valence-corrected chi connectivity index (χ4v) is 4.76. The first-order valence-corrected chi connectivity index (χ1v) is 11.2. The Bertz CT molecular complexity index is 761. The van der Waals surface area contributed by atoms with Crippen molar-refractivity contribution in [1.82, 2.24) is 9.80 Å². The maximum absolute atomic E-state index is 11.6. The molecule has 1 aliphatic rings. The summed E-state index contributed by atoms with van der Waals surface area (Å²) in [5.41, 5.74) is 2.60. The smallest absolute Gasteiger partial charge is 0.313 e. The maximum atomic E-state index is 11.6. The Morgan fingerprint density at radius 3 is 2.14 bits per heavy atom. The van der Waals surface area contributed by atoms with Crippen LogP contribution in [0, 0.1) is 0 Å². The number of rotatable bonds is 8. The monoisotopic (exact) mass is 506 g/mol. The lowest BCUT2D eigenvalue weighted by Gasteiger charge is -2.42. The Morgan fingerprint density at radius 1 is 1.03 bits per heavy atom. The summed E-state index contributed by atoms with van der Waals surface area (Å²) in [6.45, 7) is 5.19. The normalized spacial score (nSPS) is 18.0. The summed E-state index contributed by atoms with van der Waals surface area (Å²) in [4.78, 5) is 27.4. The molecule has 0 aliphatic carbocycles. The molecule has 0 radical (unpaired) electrons. The summed E-state index contributed by atoms with van der Waals surface area (Å²) >= 11 is 2.47. The van der Waals surface area contributed by atoms with Crippen LogP contribution in [0.5, 0.6) is 0 Å². The van der Waals surface area contributed by atoms with Crippen molar-refractivity contribution in [3.8, 4) is 0 Å². The van der Waals surface area contributed by atoms with E-state index >= 15 is 0 Å². The molecule has 0 amide bonds. The number of piperazine rings is 1. The highest BCUT2D eigenvalue weighted by Gasteiger charge is 2.30. The lowest BCUT2D eigenvalue weighted by Crippen LogP contribution is -2.52. The van der Waals surface area contributed by atoms with E-state index in [1.54, 1.807) is 0 Å². The predicted octanol–water partition coefficient (Wildman–Crippen LogP) is 3.68. The molecule has 1 heterocycles. The molecular formula is C23H27IN2O3. The van der Waals surface area contributed by atoms with Crippen LogP contribution in [0.15, 0.2) is 60.7 Å². The number of hydrogen-bond acceptors (Lipinski definition) is 5. The second-order valence-electron chi connectivity index (χ2n) is 7.29. The molecule has 6 heteroatoms. The van der Waals surface area contributed by atoms with Crippen molar-refractivity contribution in [3.05, 3.63) is 71.8 Å². The van der Waals surface area contributed by atoms with Crippen molar-refractivity contribution in [2.75, 3.05) is 32.8 Å². The van der Waals surface area contributed by atoms with Crippen LogP contribution in [0.4, 0.5) is 0 Å². The van der Waals surface area contributed by atoms with Crippen LogP contribution < -0.4 is 0 Å². The average Bonchev–Trinajstić information content (AvgIpc) is 2.71. The first-order chi connectivity index (χ1) is 14.0. The lowest BCUT2D eigenvalue weighted by atomic mass is 9.96. The summed E-state index contributed by atoms with van der Waals surface area (Å²) < 4.78 is 5.52. The molecule has 2 aromatic carbocycles. The highest BCUT2D eigenvalue weighted by Crippen LogP contribution is 2.31. The van der Waals surface area contributed by atoms with Crippen molar-refractivity contribution in [2.24, 2.45) is 0 Å². The molecule has 1 atom stereocenters. The lowest BCUT2D eigenvalue weighted by molar-refractivity contribution is -0.146. The average molecular weight is 506 g/mol. The molecule has 0 N–H and O–H groups in total. The molecule has 0 aromatic heterocycles. The van der Waals surface area contributed by atoms with Crippen molar-refractivity contribution >= 4 is 34.3 Å². The number of halogens is 1. The molecule has 29 heavy (non-hydrogen) atoms. The third kappa shape index (κ3) is 6.35. The van der Waals surface area contributed by atoms with Gasteiger partial charge >= 0.3 is 5.97 Å². The Morgan fingerprint density at radius 2 is 1.62 bits per heavy atom. The van der Waals surface area contributed by atoms with E-state index in [4.69, 9.17) is 4.74 Å². The quantitative estimate of drug-likeness (QED) is 0.180. The van der Waals surface area contributed by atoms with Crippen LogP contribution in [-0.2, 0) is 14.3 Å². The molecule has 1 aliphatic heterocycles. The van der Waals surface area contributed by atoms with E-state index in [0.29, 0.717) is 17.2 Å². The fraction of sp³-hybridized carbons (Fsp3) is 0.391. The zero-order valence-corrected chi connectivity index (χ0v) is 18.8. The van der Waals surface area contributed by atoms with E-state index in [0.717, 1.165) is 19.6 Å². The van der Waals surface area contributed by atoms with E-state index in [9.17, 15) is 9.59 Å². The molecule has 154 valence electrons. The SMILES string of the molecule is CC(=O)CC(=O)OCCN1CCN(C(c2ccccc2)c2ccccc2)CC1I. The highest BCUT2D eigenvalue weighted by molar-refractivity contribution is 14.1. The molecule has 1 unspecified atom stereocenters. The predicted molar refractivity (Wildman–Crippen MR) is 122 cm³/mol. The van der Waals surface area contributed by atoms with Crippen LogP contribution in [0.3, 0.4) is 0 Å². The fourth-order valence-electron chi connectivity index (χ4n) is 3.70. The topological polar surface area (TPSA) is 49.9 Å². The van der Waals surface area contributed by atoms with E-state index < -0.39 is 5.97 Å². The van der Waals surface area contributed by atoms with Gasteiger partial charge in [0, 0.05) is 26.2 Å². The summed E-state index contributed by atoms with van der Waals surface area (Å²) in [5, 5.41) is 0. The van der Waals surface area contributed by atoms with Crippen LogP contribution in [-0.4, -0.2) is 58.4 Å². The van der Waals surface area contributed by atoms with Gasteiger partial charge in [0.2, 0.25) is 0 Å². The molecule has 1 fully saturated rings. The first-order valence-electron chi connectivity index (χ1n) is 9.91. The van der Waals surface area contributed by atoms with Crippen molar-refractivity contribution in [3.63, 3.8) is 0 Å². The summed E-state index contributed by atoms with van der Waals surface area (Å²) in [6.07, 6.45) is -0.142. The molecular weight excluding hydrogens is 479 g/mol. The van der Waals surface area contributed by atoms with Gasteiger partial charge in [0.25, 0.3) is 0 Å². The van der Waals surface area contributed by atoms with E-state index in [2.05, 4.69) is 93.1 Å². The minimum atomic E-state index is -0.436. The number of benzene rings is 2. The summed E-state index contributed by atoms with van der Waals surface area (Å²) in [6, 6.07) is 21.5. The number of hydrogen-bond donors (Lipinski definition) is 0. The van der Waals surface area contributed by atoms with Crippen molar-refractivity contribution < 1.29 is 14.3 Å². The standard InChI is InChI=1S/C23H27IN2O3/c1-18(27)16-22(28)29-15-14-25-12-13-26(17-21(25)24)23(19-8-4-2-5-9-19)20-10-6-3-7-11-20/h2-11,21,23H,12-17H2,1H3. The number of esters is 1. The molecule has 0 saturated carbocycles. The minimum absolute atomic E-state index is 0.142. The third-order valence-electron chi connectivity index (χ3n) is 5.09. The van der Waals surface area contributed by atoms with Crippen LogP contribution in [0.25, 0.3) is 0 Å². The third-order valence-corrected chi connectivity index (χ3v) is 6.27. The van der Waals surface area contributed by atoms with Crippen molar-refractivity contribution in [2.45, 2.75) is 23.4 Å². The number of ketones is 1. The Kier molecular flexibility index (Phi) is 8.20. The molecule has 5 nitrogen and oxygen atoms in total. The van der Waals surface area contributed by atoms with Gasteiger partial charge in [-0.15, -0.1) is 0 Å². The molecule has 2 aromatic rings. The van der Waals surface area contributed by atoms with Crippen LogP contribution in [0.2, 0.25) is 0 Å². The first kappa shape index (κ1) is 21.9. The zero-order valence-electron chi connectivity index (χ0n) is 16.7. The van der Waals surface area contributed by atoms with Crippen LogP contribution >= 0.6 is 22.6 Å². The number of ether oxygens (including phenoxy) is 1. The van der Waals surface area contributed by atoms with Gasteiger partial charge in [0.15, 0.2) is 0 Å². The minimum Gasteiger partial charge on any atom is -0.464 e. The van der Waals surface area contributed by atoms with Gasteiger partial charge in [0.05, 0.1) is 10.1 Å². The number of carbonyl (C=O) groups excluding carboxylic acids is 2. The van der Waals surface area contributed by atoms with Gasteiger partial charge in [-0.05, 0) is 18.1 Å². The molecule has 0 spiro atoms. The number of Topliss-reactive ketones (excluding diaryl/α,β-unsaturated/α-hetero) is 1. The largest absolute Gasteiger partial charge is 0.464 e. The number of alkyl halides is 1. The van der Waals surface area contributed by atoms with Crippen molar-refractivity contribution in [1.29, 1.82) is 0 Å². The molecule has 3 rings (SSSR count). The van der Waals surface area contributed by atoms with Crippen LogP contribution in [0.1, 0.15) is 30.5 Å². The molecule has 1 saturated heterocycles. The van der Waals surface area contributed by atoms with Gasteiger partial charge in [-0.2, -0.15) is 0 Å². The van der Waals surface area contributed by atoms with E-state index in [1.165, 1.54) is 18.1 Å². The Balaban J connectivity index is 1.62. The van der Waals surface area contributed by atoms with E-state index in [-0.39, 0.29) is 18.2 Å². The second-order valence-corrected chi connectivity index (χ2v) is 8.73. The van der Waals surface area contributed by atoms with E-state index in [1.807, 2.05) is 0 Å². The maximum Gasteiger partial charge on any atom is 0.313 e. The summed E-state index contributed by atoms with van der Waals surface area (Å²) in [5.74, 6) is -0.599. The Labute approximate surface area is 186 Å². The molecule has 0 bridgehead atoms. The van der Waals surface area contributed by atoms with Gasteiger partial charge in [0.1, 0.15) is 18.8 Å². The van der Waals surface area contributed by atoms with Gasteiger partial charge in [-0.25, -0.2) is 0 Å². The number of nitrogens with zero attached hydrogens (tertiary/aromatic N) is 2. The summed E-state index contributed by atoms with van der Waals surface area (Å²) in [7, 11) is 0. The zero-order chi connectivity index (χ0) is 20.6. The van der Waals surface area contributed by atoms with Gasteiger partial charge in [-0.1, -0.05) is 83.3 Å². The van der Waals surface area contributed by atoms with Gasteiger partial charge in [-0.3, -0.25) is 19.4 Å². The Hall–Kier alpha value is -1.77. The van der Waals surface area contributed by atoms with Gasteiger partial charge < -0.3 is 4.74 Å². The highest BCUT2D eigenvalue weighted by atomic mass is 127. The second kappa shape index (κ2) is 10.8. The number of carbonyl (C=O) groups is 2.